The van der Waals surface area contributed by atoms with Crippen LogP contribution in [-0.4, -0.2) is 53.5 Å². The Balaban J connectivity index is 1.75. The molecule has 0 spiro atoms. The molecule has 1 amide bonds. The average molecular weight is 347 g/mol. The molecule has 134 valence electrons. The zero-order valence-electron chi connectivity index (χ0n) is 14.2. The molecule has 2 aromatic heterocycles. The molecule has 0 radical (unpaired) electrons. The number of carbonyl (C=O) groups is 1. The van der Waals surface area contributed by atoms with Gasteiger partial charge in [-0.25, -0.2) is 4.79 Å². The quantitative estimate of drug-likeness (QED) is 0.743. The van der Waals surface area contributed by atoms with Crippen LogP contribution in [0.15, 0.2) is 16.9 Å². The Morgan fingerprint density at radius 2 is 2.08 bits per heavy atom. The lowest BCUT2D eigenvalue weighted by molar-refractivity contribution is -0.133. The molecule has 3 heterocycles. The smallest absolute Gasteiger partial charge is 0.348 e. The van der Waals surface area contributed by atoms with Gasteiger partial charge < -0.3 is 15.1 Å². The molecule has 2 aromatic rings. The van der Waals surface area contributed by atoms with Gasteiger partial charge in [0.05, 0.1) is 31.1 Å². The molecule has 1 aliphatic heterocycles. The topological polar surface area (TPSA) is 113 Å². The standard InChI is InChI=1S/C16H21N5O4/c1-10-5-11(2)20(16(25)17-10)8-15(24)19-3-4-21-12(7-19)6-13(18-21)14(23)9-22/h5-6,14,22-23H,3-4,7-9H2,1-2H3/t14-/m0/s1. The summed E-state index contributed by atoms with van der Waals surface area (Å²) in [6.07, 6.45) is -1.03. The summed E-state index contributed by atoms with van der Waals surface area (Å²) in [5.41, 5.74) is 2.07. The van der Waals surface area contributed by atoms with Gasteiger partial charge in [-0.2, -0.15) is 10.1 Å². The highest BCUT2D eigenvalue weighted by atomic mass is 16.3. The number of aliphatic hydroxyl groups is 2. The minimum atomic E-state index is -1.03. The lowest BCUT2D eigenvalue weighted by Crippen LogP contribution is -2.42. The minimum absolute atomic E-state index is 0.0573. The summed E-state index contributed by atoms with van der Waals surface area (Å²) in [7, 11) is 0. The van der Waals surface area contributed by atoms with Crippen LogP contribution >= 0.6 is 0 Å². The molecule has 1 aliphatic rings. The summed E-state index contributed by atoms with van der Waals surface area (Å²) < 4.78 is 3.09. The molecule has 1 atom stereocenters. The van der Waals surface area contributed by atoms with Crippen molar-refractivity contribution in [2.45, 2.75) is 39.6 Å². The molecule has 25 heavy (non-hydrogen) atoms. The largest absolute Gasteiger partial charge is 0.393 e. The van der Waals surface area contributed by atoms with Crippen molar-refractivity contribution in [3.8, 4) is 0 Å². The number of nitrogens with zero attached hydrogens (tertiary/aromatic N) is 5. The van der Waals surface area contributed by atoms with Crippen LogP contribution in [0, 0.1) is 13.8 Å². The highest BCUT2D eigenvalue weighted by Gasteiger charge is 2.24. The highest BCUT2D eigenvalue weighted by molar-refractivity contribution is 5.76. The van der Waals surface area contributed by atoms with E-state index in [0.717, 1.165) is 5.69 Å². The third kappa shape index (κ3) is 3.47. The average Bonchev–Trinajstić information content (AvgIpc) is 3.00. The fraction of sp³-hybridized carbons (Fsp3) is 0.500. The molecule has 0 aliphatic carbocycles. The second kappa shape index (κ2) is 6.77. The number of rotatable bonds is 4. The predicted molar refractivity (Wildman–Crippen MR) is 87.7 cm³/mol. The van der Waals surface area contributed by atoms with E-state index in [9.17, 15) is 14.7 Å². The first-order chi connectivity index (χ1) is 11.9. The maximum Gasteiger partial charge on any atom is 0.348 e. The van der Waals surface area contributed by atoms with E-state index >= 15 is 0 Å². The lowest BCUT2D eigenvalue weighted by atomic mass is 10.2. The maximum atomic E-state index is 12.6. The molecule has 2 N–H and O–H groups in total. The van der Waals surface area contributed by atoms with Crippen LogP contribution < -0.4 is 5.69 Å². The van der Waals surface area contributed by atoms with Gasteiger partial charge in [0.25, 0.3) is 0 Å². The van der Waals surface area contributed by atoms with Crippen molar-refractivity contribution in [1.29, 1.82) is 0 Å². The molecule has 0 bridgehead atoms. The molecular weight excluding hydrogens is 326 g/mol. The molecular formula is C16H21N5O4. The number of hydrogen-bond acceptors (Lipinski definition) is 6. The van der Waals surface area contributed by atoms with Gasteiger partial charge >= 0.3 is 5.69 Å². The van der Waals surface area contributed by atoms with Gasteiger partial charge in [-0.3, -0.25) is 14.0 Å². The molecule has 0 fully saturated rings. The Morgan fingerprint density at radius 3 is 2.76 bits per heavy atom. The molecule has 3 rings (SSSR count). The van der Waals surface area contributed by atoms with E-state index in [1.165, 1.54) is 4.57 Å². The first-order valence-electron chi connectivity index (χ1n) is 8.07. The van der Waals surface area contributed by atoms with Crippen molar-refractivity contribution in [2.24, 2.45) is 0 Å². The van der Waals surface area contributed by atoms with E-state index in [1.807, 2.05) is 0 Å². The first kappa shape index (κ1) is 17.3. The number of aromatic nitrogens is 4. The van der Waals surface area contributed by atoms with E-state index in [1.54, 1.807) is 35.6 Å². The van der Waals surface area contributed by atoms with Crippen LogP contribution in [0.4, 0.5) is 0 Å². The Morgan fingerprint density at radius 1 is 1.32 bits per heavy atom. The third-order valence-electron chi connectivity index (χ3n) is 4.32. The van der Waals surface area contributed by atoms with Crippen molar-refractivity contribution in [3.05, 3.63) is 45.4 Å². The number of fused-ring (bicyclic) bond motifs is 1. The van der Waals surface area contributed by atoms with Gasteiger partial charge in [0.15, 0.2) is 0 Å². The van der Waals surface area contributed by atoms with Crippen LogP contribution in [0.2, 0.25) is 0 Å². The second-order valence-corrected chi connectivity index (χ2v) is 6.20. The SMILES string of the molecule is Cc1cc(C)n(CC(=O)N2CCn3nc([C@@H](O)CO)cc3C2)c(=O)n1. The molecule has 0 saturated carbocycles. The van der Waals surface area contributed by atoms with Crippen LogP contribution in [0.1, 0.15) is 28.9 Å². The van der Waals surface area contributed by atoms with Crippen molar-refractivity contribution in [1.82, 2.24) is 24.2 Å². The number of carbonyl (C=O) groups excluding carboxylic acids is 1. The van der Waals surface area contributed by atoms with Crippen LogP contribution in [0.3, 0.4) is 0 Å². The molecule has 0 aromatic carbocycles. The monoisotopic (exact) mass is 347 g/mol. The van der Waals surface area contributed by atoms with E-state index < -0.39 is 18.4 Å². The predicted octanol–water partition coefficient (Wildman–Crippen LogP) is -0.875. The van der Waals surface area contributed by atoms with E-state index in [2.05, 4.69) is 10.1 Å². The van der Waals surface area contributed by atoms with Crippen molar-refractivity contribution < 1.29 is 15.0 Å². The fourth-order valence-corrected chi connectivity index (χ4v) is 2.96. The van der Waals surface area contributed by atoms with Crippen molar-refractivity contribution in [2.75, 3.05) is 13.2 Å². The Bertz CT molecular complexity index is 857. The van der Waals surface area contributed by atoms with Gasteiger partial charge in [-0.1, -0.05) is 0 Å². The van der Waals surface area contributed by atoms with E-state index in [-0.39, 0.29) is 12.5 Å². The van der Waals surface area contributed by atoms with E-state index in [4.69, 9.17) is 5.11 Å². The normalized spacial score (nSPS) is 15.1. The summed E-state index contributed by atoms with van der Waals surface area (Å²) in [5, 5.41) is 22.9. The molecule has 0 saturated heterocycles. The van der Waals surface area contributed by atoms with Gasteiger partial charge in [0, 0.05) is 17.9 Å². The number of aryl methyl sites for hydroxylation is 2. The van der Waals surface area contributed by atoms with Crippen molar-refractivity contribution in [3.63, 3.8) is 0 Å². The summed E-state index contributed by atoms with van der Waals surface area (Å²) >= 11 is 0. The van der Waals surface area contributed by atoms with Crippen LogP contribution in [-0.2, 0) is 24.4 Å². The lowest BCUT2D eigenvalue weighted by Gasteiger charge is -2.28. The molecule has 9 heteroatoms. The Hall–Kier alpha value is -2.52. The summed E-state index contributed by atoms with van der Waals surface area (Å²) in [6, 6.07) is 3.45. The molecule has 0 unspecified atom stereocenters. The highest BCUT2D eigenvalue weighted by Crippen LogP contribution is 2.18. The number of hydrogen-bond donors (Lipinski definition) is 2. The summed E-state index contributed by atoms with van der Waals surface area (Å²) in [4.78, 5) is 30.1. The van der Waals surface area contributed by atoms with Crippen LogP contribution in [0.25, 0.3) is 0 Å². The minimum Gasteiger partial charge on any atom is -0.393 e. The fourth-order valence-electron chi connectivity index (χ4n) is 2.96. The summed E-state index contributed by atoms with van der Waals surface area (Å²) in [6.45, 7) is 4.37. The zero-order chi connectivity index (χ0) is 18.1. The van der Waals surface area contributed by atoms with Gasteiger partial charge in [0.2, 0.25) is 5.91 Å². The molecule has 9 nitrogen and oxygen atoms in total. The van der Waals surface area contributed by atoms with E-state index in [0.29, 0.717) is 36.7 Å². The van der Waals surface area contributed by atoms with Gasteiger partial charge in [0.1, 0.15) is 12.6 Å². The summed E-state index contributed by atoms with van der Waals surface area (Å²) in [5.74, 6) is -0.174. The Kier molecular flexibility index (Phi) is 4.69. The zero-order valence-corrected chi connectivity index (χ0v) is 14.2. The number of aliphatic hydroxyl groups excluding tert-OH is 2. The number of amides is 1. The first-order valence-corrected chi connectivity index (χ1v) is 8.07. The second-order valence-electron chi connectivity index (χ2n) is 6.20. The van der Waals surface area contributed by atoms with Crippen LogP contribution in [0.5, 0.6) is 0 Å². The van der Waals surface area contributed by atoms with Gasteiger partial charge in [-0.05, 0) is 26.0 Å². The third-order valence-corrected chi connectivity index (χ3v) is 4.32. The van der Waals surface area contributed by atoms with Gasteiger partial charge in [-0.15, -0.1) is 0 Å². The maximum absolute atomic E-state index is 12.6. The Labute approximate surface area is 144 Å². The van der Waals surface area contributed by atoms with Crippen molar-refractivity contribution >= 4 is 5.91 Å².